The number of rotatable bonds is 8. The SMILES string of the molecule is O=C(CCCCCN1C(=O)C(=Cc2ccc(Cl)cc2)SC1=S)NNC(=O)c1ccncc1. The number of pyridine rings is 1. The lowest BCUT2D eigenvalue weighted by molar-refractivity contribution is -0.123. The predicted molar refractivity (Wildman–Crippen MR) is 130 cm³/mol. The third-order valence-corrected chi connectivity index (χ3v) is 6.21. The summed E-state index contributed by atoms with van der Waals surface area (Å²) in [7, 11) is 0. The molecule has 1 aliphatic rings. The molecule has 1 aromatic heterocycles. The first-order chi connectivity index (χ1) is 15.4. The Morgan fingerprint density at radius 2 is 1.78 bits per heavy atom. The van der Waals surface area contributed by atoms with E-state index in [9.17, 15) is 14.4 Å². The monoisotopic (exact) mass is 488 g/mol. The number of unbranched alkanes of at least 4 members (excludes halogenated alkanes) is 2. The van der Waals surface area contributed by atoms with Crippen LogP contribution in [0.5, 0.6) is 0 Å². The van der Waals surface area contributed by atoms with Crippen LogP contribution >= 0.6 is 35.6 Å². The smallest absolute Gasteiger partial charge is 0.269 e. The van der Waals surface area contributed by atoms with Gasteiger partial charge in [0.2, 0.25) is 5.91 Å². The van der Waals surface area contributed by atoms with Gasteiger partial charge < -0.3 is 0 Å². The molecule has 0 unspecified atom stereocenters. The minimum Gasteiger partial charge on any atom is -0.293 e. The van der Waals surface area contributed by atoms with E-state index in [2.05, 4.69) is 15.8 Å². The quantitative estimate of drug-likeness (QED) is 0.253. The summed E-state index contributed by atoms with van der Waals surface area (Å²) >= 11 is 12.5. The van der Waals surface area contributed by atoms with Crippen LogP contribution in [0.4, 0.5) is 0 Å². The van der Waals surface area contributed by atoms with E-state index >= 15 is 0 Å². The molecule has 3 amide bonds. The van der Waals surface area contributed by atoms with E-state index in [0.717, 1.165) is 18.4 Å². The number of benzene rings is 1. The van der Waals surface area contributed by atoms with E-state index in [1.54, 1.807) is 35.2 Å². The van der Waals surface area contributed by atoms with Gasteiger partial charge in [0.05, 0.1) is 4.91 Å². The second-order valence-corrected chi connectivity index (χ2v) is 9.05. The van der Waals surface area contributed by atoms with Crippen LogP contribution < -0.4 is 10.9 Å². The van der Waals surface area contributed by atoms with Crippen molar-refractivity contribution < 1.29 is 14.4 Å². The second-order valence-electron chi connectivity index (χ2n) is 6.93. The molecule has 0 radical (unpaired) electrons. The molecule has 0 saturated carbocycles. The largest absolute Gasteiger partial charge is 0.293 e. The molecule has 3 rings (SSSR count). The fraction of sp³-hybridized carbons (Fsp3) is 0.227. The van der Waals surface area contributed by atoms with Gasteiger partial charge in [0.15, 0.2) is 0 Å². The van der Waals surface area contributed by atoms with Crippen molar-refractivity contribution in [3.8, 4) is 0 Å². The van der Waals surface area contributed by atoms with Crippen molar-refractivity contribution in [1.29, 1.82) is 0 Å². The highest BCUT2D eigenvalue weighted by molar-refractivity contribution is 8.26. The molecule has 10 heteroatoms. The molecule has 0 spiro atoms. The van der Waals surface area contributed by atoms with Crippen LogP contribution in [-0.2, 0) is 9.59 Å². The molecule has 0 bridgehead atoms. The van der Waals surface area contributed by atoms with Gasteiger partial charge in [0.25, 0.3) is 11.8 Å². The fourth-order valence-corrected chi connectivity index (χ4v) is 4.33. The molecule has 2 aromatic rings. The Kier molecular flexibility index (Phi) is 8.78. The maximum Gasteiger partial charge on any atom is 0.269 e. The summed E-state index contributed by atoms with van der Waals surface area (Å²) in [5, 5.41) is 0.638. The van der Waals surface area contributed by atoms with E-state index in [1.165, 1.54) is 24.2 Å². The van der Waals surface area contributed by atoms with E-state index < -0.39 is 5.91 Å². The van der Waals surface area contributed by atoms with Crippen molar-refractivity contribution >= 4 is 63.7 Å². The third-order valence-electron chi connectivity index (χ3n) is 4.58. The number of nitrogens with one attached hydrogen (secondary N) is 2. The van der Waals surface area contributed by atoms with Gasteiger partial charge in [-0.2, -0.15) is 0 Å². The van der Waals surface area contributed by atoms with E-state index in [-0.39, 0.29) is 18.2 Å². The molecule has 166 valence electrons. The minimum absolute atomic E-state index is 0.105. The standard InChI is InChI=1S/C22H21ClN4O3S2/c23-17-7-5-15(6-8-17)14-18-21(30)27(22(31)32-18)13-3-1-2-4-19(28)25-26-20(29)16-9-11-24-12-10-16/h5-12,14H,1-4,13H2,(H,25,28)(H,26,29). The maximum absolute atomic E-state index is 12.6. The van der Waals surface area contributed by atoms with Gasteiger partial charge in [-0.1, -0.05) is 54.1 Å². The molecule has 0 aliphatic carbocycles. The zero-order chi connectivity index (χ0) is 22.9. The molecule has 2 heterocycles. The summed E-state index contributed by atoms with van der Waals surface area (Å²) in [4.78, 5) is 42.4. The Morgan fingerprint density at radius 1 is 1.06 bits per heavy atom. The highest BCUT2D eigenvalue weighted by atomic mass is 35.5. The van der Waals surface area contributed by atoms with Crippen LogP contribution in [0.1, 0.15) is 41.6 Å². The number of halogens is 1. The first kappa shape index (κ1) is 23.9. The lowest BCUT2D eigenvalue weighted by atomic mass is 10.2. The number of thioether (sulfide) groups is 1. The second kappa shape index (κ2) is 11.8. The number of amides is 3. The summed E-state index contributed by atoms with van der Waals surface area (Å²) in [6.07, 6.45) is 7.18. The van der Waals surface area contributed by atoms with E-state index in [0.29, 0.717) is 32.8 Å². The predicted octanol–water partition coefficient (Wildman–Crippen LogP) is 3.96. The zero-order valence-electron chi connectivity index (χ0n) is 17.0. The fourth-order valence-electron chi connectivity index (χ4n) is 2.90. The summed E-state index contributed by atoms with van der Waals surface area (Å²) in [6, 6.07) is 10.3. The molecule has 1 fully saturated rings. The zero-order valence-corrected chi connectivity index (χ0v) is 19.4. The number of carbonyl (C=O) groups excluding carboxylic acids is 3. The molecule has 32 heavy (non-hydrogen) atoms. The molecule has 1 aliphatic heterocycles. The lowest BCUT2D eigenvalue weighted by Crippen LogP contribution is -2.41. The number of nitrogens with zero attached hydrogens (tertiary/aromatic N) is 2. The molecule has 7 nitrogen and oxygen atoms in total. The van der Waals surface area contributed by atoms with Crippen molar-refractivity contribution in [3.63, 3.8) is 0 Å². The molecular weight excluding hydrogens is 468 g/mol. The number of hydrogen-bond donors (Lipinski definition) is 2. The van der Waals surface area contributed by atoms with Gasteiger partial charge >= 0.3 is 0 Å². The van der Waals surface area contributed by atoms with Crippen molar-refractivity contribution in [2.24, 2.45) is 0 Å². The van der Waals surface area contributed by atoms with Crippen LogP contribution in [0.3, 0.4) is 0 Å². The highest BCUT2D eigenvalue weighted by Crippen LogP contribution is 2.32. The van der Waals surface area contributed by atoms with Crippen molar-refractivity contribution in [3.05, 3.63) is 69.8 Å². The van der Waals surface area contributed by atoms with Crippen molar-refractivity contribution in [2.45, 2.75) is 25.7 Å². The van der Waals surface area contributed by atoms with Gasteiger partial charge in [0, 0.05) is 35.9 Å². The van der Waals surface area contributed by atoms with E-state index in [1.807, 2.05) is 12.1 Å². The number of thiocarbonyl (C=S) groups is 1. The first-order valence-corrected chi connectivity index (χ1v) is 11.5. The molecule has 1 aromatic carbocycles. The van der Waals surface area contributed by atoms with Crippen LogP contribution in [0, 0.1) is 0 Å². The summed E-state index contributed by atoms with van der Waals surface area (Å²) in [6.45, 7) is 0.503. The number of hydrogen-bond acceptors (Lipinski definition) is 6. The van der Waals surface area contributed by atoms with Crippen LogP contribution in [-0.4, -0.2) is 38.5 Å². The van der Waals surface area contributed by atoms with Crippen LogP contribution in [0.2, 0.25) is 5.02 Å². The van der Waals surface area contributed by atoms with Gasteiger partial charge in [-0.25, -0.2) is 0 Å². The van der Waals surface area contributed by atoms with E-state index in [4.69, 9.17) is 23.8 Å². The lowest BCUT2D eigenvalue weighted by Gasteiger charge is -2.14. The Hall–Kier alpha value is -2.75. The molecule has 1 saturated heterocycles. The molecular formula is C22H21ClN4O3S2. The molecule has 0 atom stereocenters. The highest BCUT2D eigenvalue weighted by Gasteiger charge is 2.31. The van der Waals surface area contributed by atoms with Crippen molar-refractivity contribution in [1.82, 2.24) is 20.7 Å². The summed E-state index contributed by atoms with van der Waals surface area (Å²) in [5.41, 5.74) is 6.06. The van der Waals surface area contributed by atoms with Crippen LogP contribution in [0.25, 0.3) is 6.08 Å². The topological polar surface area (TPSA) is 91.4 Å². The number of carbonyl (C=O) groups is 3. The van der Waals surface area contributed by atoms with Crippen molar-refractivity contribution in [2.75, 3.05) is 6.54 Å². The Bertz CT molecular complexity index is 1030. The number of aromatic nitrogens is 1. The van der Waals surface area contributed by atoms with Gasteiger partial charge in [0.1, 0.15) is 4.32 Å². The van der Waals surface area contributed by atoms with Gasteiger partial charge in [-0.15, -0.1) is 0 Å². The first-order valence-electron chi connectivity index (χ1n) is 9.94. The average molecular weight is 489 g/mol. The summed E-state index contributed by atoms with van der Waals surface area (Å²) < 4.78 is 0.534. The van der Waals surface area contributed by atoms with Crippen LogP contribution in [0.15, 0.2) is 53.7 Å². The Labute approximate surface area is 200 Å². The normalized spacial score (nSPS) is 14.7. The third kappa shape index (κ3) is 6.88. The number of hydrazine groups is 1. The Balaban J connectivity index is 1.36. The van der Waals surface area contributed by atoms with Gasteiger partial charge in [-0.05, 0) is 48.7 Å². The maximum atomic E-state index is 12.6. The summed E-state index contributed by atoms with van der Waals surface area (Å²) in [5.74, 6) is -0.780. The minimum atomic E-state index is -0.401. The Morgan fingerprint density at radius 3 is 2.50 bits per heavy atom. The molecule has 2 N–H and O–H groups in total. The average Bonchev–Trinajstić information content (AvgIpc) is 3.06. The van der Waals surface area contributed by atoms with Gasteiger partial charge in [-0.3, -0.25) is 35.1 Å².